The molecular formula is CH2AlNaO5+4. The zero-order chi connectivity index (χ0) is 4.99. The van der Waals surface area contributed by atoms with Gasteiger partial charge in [0.1, 0.15) is 0 Å². The summed E-state index contributed by atoms with van der Waals surface area (Å²) in [5.41, 5.74) is 0. The molecule has 8 heavy (non-hydrogen) atoms. The Morgan fingerprint density at radius 1 is 1.25 bits per heavy atom. The van der Waals surface area contributed by atoms with Crippen LogP contribution < -0.4 is 29.6 Å². The van der Waals surface area contributed by atoms with Crippen molar-refractivity contribution >= 4 is 23.5 Å². The molecule has 0 spiro atoms. The van der Waals surface area contributed by atoms with Crippen LogP contribution in [0.25, 0.3) is 0 Å². The molecule has 0 aromatic rings. The zero-order valence-corrected chi connectivity index (χ0v) is 7.35. The molecule has 0 aliphatic heterocycles. The molecule has 36 valence electrons. The minimum absolute atomic E-state index is 0. The predicted octanol–water partition coefficient (Wildman–Crippen LogP) is -3.29. The van der Waals surface area contributed by atoms with E-state index in [2.05, 4.69) is 9.78 Å². The minimum atomic E-state index is -1.55. The second kappa shape index (κ2) is 10.7. The fourth-order valence-electron chi connectivity index (χ4n) is 0.0167. The molecule has 0 radical (unpaired) electrons. The van der Waals surface area contributed by atoms with Crippen LogP contribution in [-0.2, 0) is 9.78 Å². The summed E-state index contributed by atoms with van der Waals surface area (Å²) in [5.74, 6) is 0. The van der Waals surface area contributed by atoms with E-state index in [0.29, 0.717) is 0 Å². The first kappa shape index (κ1) is 15.9. The number of hydrogen-bond donors (Lipinski definition) is 2. The monoisotopic (exact) mass is 144 g/mol. The molecule has 0 unspecified atom stereocenters. The van der Waals surface area contributed by atoms with E-state index in [1.807, 2.05) is 0 Å². The summed E-state index contributed by atoms with van der Waals surface area (Å²) in [6.45, 7) is 0. The Labute approximate surface area is 77.9 Å². The van der Waals surface area contributed by atoms with Crippen molar-refractivity contribution in [3.8, 4) is 0 Å². The normalized spacial score (nSPS) is 5.25. The van der Waals surface area contributed by atoms with Gasteiger partial charge in [-0.15, -0.1) is 0 Å². The van der Waals surface area contributed by atoms with Crippen LogP contribution in [0.4, 0.5) is 4.79 Å². The van der Waals surface area contributed by atoms with Gasteiger partial charge in [0.25, 0.3) is 0 Å². The third-order valence-electron chi connectivity index (χ3n) is 0.149. The molecule has 0 aliphatic rings. The van der Waals surface area contributed by atoms with Gasteiger partial charge in [0.15, 0.2) is 0 Å². The maximum atomic E-state index is 9.24. The summed E-state index contributed by atoms with van der Waals surface area (Å²) in [5, 5.41) is 14.4. The second-order valence-corrected chi connectivity index (χ2v) is 0.433. The van der Waals surface area contributed by atoms with Gasteiger partial charge < -0.3 is 0 Å². The minimum Gasteiger partial charge on any atom is -0.260 e. The molecular weight excluding hydrogens is 142 g/mol. The van der Waals surface area contributed by atoms with E-state index in [1.165, 1.54) is 0 Å². The quantitative estimate of drug-likeness (QED) is 0.211. The summed E-state index contributed by atoms with van der Waals surface area (Å²) >= 11 is 0. The number of carbonyl (C=O) groups is 1. The van der Waals surface area contributed by atoms with Crippen LogP contribution in [0.3, 0.4) is 0 Å². The van der Waals surface area contributed by atoms with E-state index in [1.54, 1.807) is 0 Å². The van der Waals surface area contributed by atoms with Gasteiger partial charge in [-0.05, 0) is 0 Å². The Kier molecular flexibility index (Phi) is 21.2. The summed E-state index contributed by atoms with van der Waals surface area (Å²) in [4.78, 5) is 14.8. The molecule has 0 bridgehead atoms. The average molecular weight is 144 g/mol. The smallest absolute Gasteiger partial charge is 0.260 e. The van der Waals surface area contributed by atoms with Crippen LogP contribution in [-0.4, -0.2) is 34.0 Å². The first-order valence-electron chi connectivity index (χ1n) is 0.978. The number of hydrogen-bond acceptors (Lipinski definition) is 5. The molecule has 0 aliphatic carbocycles. The largest absolute Gasteiger partial charge is 3.00 e. The summed E-state index contributed by atoms with van der Waals surface area (Å²) in [6.07, 6.45) is -1.55. The van der Waals surface area contributed by atoms with E-state index in [0.717, 1.165) is 0 Å². The van der Waals surface area contributed by atoms with Gasteiger partial charge in [-0.3, -0.25) is 9.78 Å². The molecule has 0 heterocycles. The Morgan fingerprint density at radius 2 is 1.50 bits per heavy atom. The molecule has 0 atom stereocenters. The third kappa shape index (κ3) is 9.87. The summed E-state index contributed by atoms with van der Waals surface area (Å²) < 4.78 is 0. The van der Waals surface area contributed by atoms with Gasteiger partial charge in [0.05, 0.1) is 0 Å². The van der Waals surface area contributed by atoms with Gasteiger partial charge in [-0.1, -0.05) is 0 Å². The van der Waals surface area contributed by atoms with Crippen molar-refractivity contribution in [1.82, 2.24) is 0 Å². The van der Waals surface area contributed by atoms with Gasteiger partial charge in [-0.2, -0.15) is 15.3 Å². The van der Waals surface area contributed by atoms with Crippen LogP contribution in [0.5, 0.6) is 0 Å². The van der Waals surface area contributed by atoms with Crippen molar-refractivity contribution in [2.75, 3.05) is 0 Å². The van der Waals surface area contributed by atoms with Crippen molar-refractivity contribution in [2.24, 2.45) is 0 Å². The Bertz CT molecular complexity index is 50.4. The summed E-state index contributed by atoms with van der Waals surface area (Å²) in [6, 6.07) is 0. The predicted molar refractivity (Wildman–Crippen MR) is 18.6 cm³/mol. The number of rotatable bonds is 0. The van der Waals surface area contributed by atoms with E-state index in [-0.39, 0.29) is 46.9 Å². The zero-order valence-electron chi connectivity index (χ0n) is 4.20. The van der Waals surface area contributed by atoms with E-state index in [4.69, 9.17) is 10.5 Å². The standard InChI is InChI=1S/CH2O5.Al.Na/c2-1(5-3)6-4;;/h3-4H;;/q;+3;+1. The van der Waals surface area contributed by atoms with Crippen LogP contribution in [0.15, 0.2) is 0 Å². The summed E-state index contributed by atoms with van der Waals surface area (Å²) in [7, 11) is 0. The SMILES string of the molecule is O=C(OO)OO.[Al+3].[Na+]. The van der Waals surface area contributed by atoms with Crippen molar-refractivity contribution in [1.29, 1.82) is 0 Å². The van der Waals surface area contributed by atoms with Crippen LogP contribution >= 0.6 is 0 Å². The van der Waals surface area contributed by atoms with Gasteiger partial charge >= 0.3 is 53.1 Å². The molecule has 2 N–H and O–H groups in total. The Hall–Kier alpha value is 0.722. The first-order valence-corrected chi connectivity index (χ1v) is 0.978. The Balaban J connectivity index is -0.000000125. The maximum Gasteiger partial charge on any atom is 3.00 e. The van der Waals surface area contributed by atoms with Crippen molar-refractivity contribution in [3.05, 3.63) is 0 Å². The van der Waals surface area contributed by atoms with E-state index >= 15 is 0 Å². The topological polar surface area (TPSA) is 76.0 Å². The number of carbonyl (C=O) groups excluding carboxylic acids is 1. The maximum absolute atomic E-state index is 9.24. The molecule has 0 amide bonds. The fourth-order valence-corrected chi connectivity index (χ4v) is 0.0167. The molecule has 0 saturated carbocycles. The van der Waals surface area contributed by atoms with Crippen LogP contribution in [0, 0.1) is 0 Å². The molecule has 0 fully saturated rings. The molecule has 0 saturated heterocycles. The Morgan fingerprint density at radius 3 is 1.50 bits per heavy atom. The van der Waals surface area contributed by atoms with Crippen molar-refractivity contribution < 1.29 is 54.6 Å². The second-order valence-electron chi connectivity index (χ2n) is 0.433. The fraction of sp³-hybridized carbons (Fsp3) is 0. The van der Waals surface area contributed by atoms with Gasteiger partial charge in [0.2, 0.25) is 0 Å². The van der Waals surface area contributed by atoms with E-state index in [9.17, 15) is 4.79 Å². The van der Waals surface area contributed by atoms with Crippen molar-refractivity contribution in [2.45, 2.75) is 0 Å². The molecule has 5 nitrogen and oxygen atoms in total. The average Bonchev–Trinajstić information content (AvgIpc) is 1.65. The van der Waals surface area contributed by atoms with Gasteiger partial charge in [-0.25, -0.2) is 0 Å². The van der Waals surface area contributed by atoms with Gasteiger partial charge in [0, 0.05) is 0 Å². The molecule has 0 rings (SSSR count). The first-order chi connectivity index (χ1) is 2.81. The van der Waals surface area contributed by atoms with Crippen LogP contribution in [0.1, 0.15) is 0 Å². The third-order valence-corrected chi connectivity index (χ3v) is 0.149. The van der Waals surface area contributed by atoms with Crippen molar-refractivity contribution in [3.63, 3.8) is 0 Å². The molecule has 0 aromatic heterocycles. The molecule has 7 heteroatoms. The van der Waals surface area contributed by atoms with E-state index < -0.39 is 6.16 Å². The van der Waals surface area contributed by atoms with Crippen LogP contribution in [0.2, 0.25) is 0 Å². The molecule has 0 aromatic carbocycles.